The SMILES string of the molecule is CCOC(=O)c1c(C)[nH]c(C(=O)COC(=O)C2COc3ccccc3O2)c1C. The van der Waals surface area contributed by atoms with Crippen LogP contribution in [0.15, 0.2) is 24.3 Å². The minimum atomic E-state index is -0.954. The van der Waals surface area contributed by atoms with Crippen molar-refractivity contribution in [1.82, 2.24) is 4.98 Å². The highest BCUT2D eigenvalue weighted by Gasteiger charge is 2.30. The lowest BCUT2D eigenvalue weighted by Crippen LogP contribution is -2.38. The monoisotopic (exact) mass is 387 g/mol. The number of esters is 2. The number of carbonyl (C=O) groups is 3. The van der Waals surface area contributed by atoms with Gasteiger partial charge in [-0.1, -0.05) is 12.1 Å². The molecule has 8 heteroatoms. The van der Waals surface area contributed by atoms with Gasteiger partial charge in [-0.05, 0) is 38.5 Å². The molecule has 1 aliphatic rings. The Morgan fingerprint density at radius 1 is 1.14 bits per heavy atom. The maximum absolute atomic E-state index is 12.5. The molecule has 0 radical (unpaired) electrons. The Bertz CT molecular complexity index is 915. The van der Waals surface area contributed by atoms with Crippen LogP contribution in [0.4, 0.5) is 0 Å². The molecular weight excluding hydrogens is 366 g/mol. The van der Waals surface area contributed by atoms with Crippen molar-refractivity contribution < 1.29 is 33.3 Å². The number of para-hydroxylation sites is 2. The van der Waals surface area contributed by atoms with E-state index in [-0.39, 0.29) is 18.9 Å². The standard InChI is InChI=1S/C20H21NO7/c1-4-25-20(24)17-11(2)18(21-12(17)3)13(22)9-27-19(23)16-10-26-14-7-5-6-8-15(14)28-16/h5-8,16,21H,4,9-10H2,1-3H3. The second kappa shape index (κ2) is 8.16. The molecule has 1 aromatic carbocycles. The van der Waals surface area contributed by atoms with Crippen molar-refractivity contribution in [3.05, 3.63) is 46.8 Å². The molecule has 2 aromatic rings. The molecule has 148 valence electrons. The number of carbonyl (C=O) groups excluding carboxylic acids is 3. The van der Waals surface area contributed by atoms with E-state index in [1.807, 2.05) is 0 Å². The summed E-state index contributed by atoms with van der Waals surface area (Å²) in [5, 5.41) is 0. The molecule has 0 saturated carbocycles. The third-order valence-electron chi connectivity index (χ3n) is 4.31. The lowest BCUT2D eigenvalue weighted by Gasteiger charge is -2.24. The Morgan fingerprint density at radius 3 is 2.57 bits per heavy atom. The normalized spacial score (nSPS) is 15.0. The molecular formula is C20H21NO7. The van der Waals surface area contributed by atoms with Gasteiger partial charge in [0.05, 0.1) is 17.9 Å². The highest BCUT2D eigenvalue weighted by atomic mass is 16.6. The number of aromatic nitrogens is 1. The molecule has 1 unspecified atom stereocenters. The lowest BCUT2D eigenvalue weighted by molar-refractivity contribution is -0.153. The van der Waals surface area contributed by atoms with Gasteiger partial charge in [-0.3, -0.25) is 4.79 Å². The molecule has 1 N–H and O–H groups in total. The third-order valence-corrected chi connectivity index (χ3v) is 4.31. The molecule has 8 nitrogen and oxygen atoms in total. The zero-order chi connectivity index (χ0) is 20.3. The van der Waals surface area contributed by atoms with Crippen molar-refractivity contribution in [3.63, 3.8) is 0 Å². The van der Waals surface area contributed by atoms with Crippen LogP contribution in [0.1, 0.15) is 39.0 Å². The fraction of sp³-hybridized carbons (Fsp3) is 0.350. The van der Waals surface area contributed by atoms with E-state index in [0.717, 1.165) is 0 Å². The van der Waals surface area contributed by atoms with Gasteiger partial charge < -0.3 is 23.9 Å². The Labute approximate surface area is 161 Å². The molecule has 0 fully saturated rings. The average Bonchev–Trinajstić information content (AvgIpc) is 2.99. The fourth-order valence-corrected chi connectivity index (χ4v) is 2.98. The minimum Gasteiger partial charge on any atom is -0.485 e. The quantitative estimate of drug-likeness (QED) is 0.599. The summed E-state index contributed by atoms with van der Waals surface area (Å²) in [5.74, 6) is -0.671. The van der Waals surface area contributed by atoms with Crippen LogP contribution in [-0.4, -0.2) is 48.6 Å². The molecule has 2 heterocycles. The molecule has 1 atom stereocenters. The van der Waals surface area contributed by atoms with E-state index in [1.54, 1.807) is 45.0 Å². The van der Waals surface area contributed by atoms with Gasteiger partial charge in [-0.25, -0.2) is 9.59 Å². The number of hydrogen-bond acceptors (Lipinski definition) is 7. The van der Waals surface area contributed by atoms with Gasteiger partial charge in [0.1, 0.15) is 6.61 Å². The van der Waals surface area contributed by atoms with Crippen LogP contribution in [0.2, 0.25) is 0 Å². The number of ether oxygens (including phenoxy) is 4. The number of benzene rings is 1. The predicted octanol–water partition coefficient (Wildman–Crippen LogP) is 2.37. The Hall–Kier alpha value is -3.29. The van der Waals surface area contributed by atoms with Crippen molar-refractivity contribution in [2.24, 2.45) is 0 Å². The molecule has 1 aliphatic heterocycles. The minimum absolute atomic E-state index is 0.00230. The zero-order valence-electron chi connectivity index (χ0n) is 15.9. The van der Waals surface area contributed by atoms with E-state index in [0.29, 0.717) is 28.3 Å². The summed E-state index contributed by atoms with van der Waals surface area (Å²) in [4.78, 5) is 39.6. The summed E-state index contributed by atoms with van der Waals surface area (Å²) in [5.41, 5.74) is 1.51. The Balaban J connectivity index is 1.62. The van der Waals surface area contributed by atoms with Gasteiger partial charge in [-0.2, -0.15) is 0 Å². The molecule has 0 aliphatic carbocycles. The molecule has 0 amide bonds. The number of Topliss-reactive ketones (excluding diaryl/α,β-unsaturated/α-hetero) is 1. The van der Waals surface area contributed by atoms with Gasteiger partial charge in [0.15, 0.2) is 18.1 Å². The second-order valence-electron chi connectivity index (χ2n) is 6.24. The summed E-state index contributed by atoms with van der Waals surface area (Å²) in [6.07, 6.45) is -0.954. The number of rotatable bonds is 6. The molecule has 28 heavy (non-hydrogen) atoms. The Morgan fingerprint density at radius 2 is 1.86 bits per heavy atom. The van der Waals surface area contributed by atoms with Gasteiger partial charge in [0, 0.05) is 5.69 Å². The van der Waals surface area contributed by atoms with E-state index in [2.05, 4.69) is 4.98 Å². The summed E-state index contributed by atoms with van der Waals surface area (Å²) in [7, 11) is 0. The lowest BCUT2D eigenvalue weighted by atomic mass is 10.1. The number of fused-ring (bicyclic) bond motifs is 1. The molecule has 0 saturated heterocycles. The van der Waals surface area contributed by atoms with Crippen molar-refractivity contribution in [2.75, 3.05) is 19.8 Å². The van der Waals surface area contributed by atoms with Crippen LogP contribution < -0.4 is 9.47 Å². The average molecular weight is 387 g/mol. The summed E-state index contributed by atoms with van der Waals surface area (Å²) in [6.45, 7) is 4.76. The van der Waals surface area contributed by atoms with Crippen LogP contribution >= 0.6 is 0 Å². The summed E-state index contributed by atoms with van der Waals surface area (Å²) < 4.78 is 21.1. The Kier molecular flexibility index (Phi) is 5.67. The maximum atomic E-state index is 12.5. The van der Waals surface area contributed by atoms with Crippen LogP contribution in [0.5, 0.6) is 11.5 Å². The summed E-state index contributed by atoms with van der Waals surface area (Å²) >= 11 is 0. The largest absolute Gasteiger partial charge is 0.485 e. The van der Waals surface area contributed by atoms with Crippen molar-refractivity contribution >= 4 is 17.7 Å². The third kappa shape index (κ3) is 3.85. The van der Waals surface area contributed by atoms with Gasteiger partial charge >= 0.3 is 11.9 Å². The van der Waals surface area contributed by atoms with Gasteiger partial charge in [-0.15, -0.1) is 0 Å². The van der Waals surface area contributed by atoms with Gasteiger partial charge in [0.25, 0.3) is 0 Å². The van der Waals surface area contributed by atoms with Crippen molar-refractivity contribution in [3.8, 4) is 11.5 Å². The smallest absolute Gasteiger partial charge is 0.351 e. The van der Waals surface area contributed by atoms with Crippen LogP contribution in [-0.2, 0) is 14.3 Å². The maximum Gasteiger partial charge on any atom is 0.351 e. The molecule has 3 rings (SSSR count). The van der Waals surface area contributed by atoms with Crippen LogP contribution in [0, 0.1) is 13.8 Å². The fourth-order valence-electron chi connectivity index (χ4n) is 2.98. The highest BCUT2D eigenvalue weighted by molar-refractivity contribution is 6.02. The van der Waals surface area contributed by atoms with Crippen molar-refractivity contribution in [2.45, 2.75) is 26.9 Å². The van der Waals surface area contributed by atoms with E-state index < -0.39 is 30.4 Å². The molecule has 0 spiro atoms. The van der Waals surface area contributed by atoms with Crippen LogP contribution in [0.25, 0.3) is 0 Å². The van der Waals surface area contributed by atoms with E-state index in [9.17, 15) is 14.4 Å². The first kappa shape index (κ1) is 19.5. The van der Waals surface area contributed by atoms with E-state index in [1.165, 1.54) is 0 Å². The van der Waals surface area contributed by atoms with E-state index >= 15 is 0 Å². The number of nitrogens with one attached hydrogen (secondary N) is 1. The number of ketones is 1. The first-order valence-corrected chi connectivity index (χ1v) is 8.87. The molecule has 1 aromatic heterocycles. The topological polar surface area (TPSA) is 104 Å². The summed E-state index contributed by atoms with van der Waals surface area (Å²) in [6, 6.07) is 6.97. The number of aryl methyl sites for hydroxylation is 1. The van der Waals surface area contributed by atoms with Crippen molar-refractivity contribution in [1.29, 1.82) is 0 Å². The predicted molar refractivity (Wildman–Crippen MR) is 97.9 cm³/mol. The van der Waals surface area contributed by atoms with Crippen LogP contribution in [0.3, 0.4) is 0 Å². The number of aromatic amines is 1. The van der Waals surface area contributed by atoms with Gasteiger partial charge in [0.2, 0.25) is 11.9 Å². The first-order chi connectivity index (χ1) is 13.4. The first-order valence-electron chi connectivity index (χ1n) is 8.87. The number of hydrogen-bond donors (Lipinski definition) is 1. The zero-order valence-corrected chi connectivity index (χ0v) is 15.9. The number of H-pyrrole nitrogens is 1. The molecule has 0 bridgehead atoms. The highest BCUT2D eigenvalue weighted by Crippen LogP contribution is 2.31. The van der Waals surface area contributed by atoms with E-state index in [4.69, 9.17) is 18.9 Å². The second-order valence-corrected chi connectivity index (χ2v) is 6.24.